The van der Waals surface area contributed by atoms with Crippen molar-refractivity contribution in [3.8, 4) is 0 Å². The van der Waals surface area contributed by atoms with Gasteiger partial charge in [-0.15, -0.1) is 0 Å². The van der Waals surface area contributed by atoms with E-state index in [-0.39, 0.29) is 5.78 Å². The van der Waals surface area contributed by atoms with Crippen LogP contribution in [0.4, 0.5) is 0 Å². The van der Waals surface area contributed by atoms with E-state index in [1.807, 2.05) is 0 Å². The monoisotopic (exact) mass is 125 g/mol. The molecule has 0 spiro atoms. The Labute approximate surface area is 52.5 Å². The third-order valence-electron chi connectivity index (χ3n) is 1.08. The van der Waals surface area contributed by atoms with Gasteiger partial charge < -0.3 is 10.8 Å². The Hall–Kier alpha value is -1.09. The Morgan fingerprint density at radius 1 is 1.56 bits per heavy atom. The first-order valence-corrected chi connectivity index (χ1v) is 2.57. The molecule has 0 aromatic carbocycles. The van der Waals surface area contributed by atoms with Crippen LogP contribution in [-0.4, -0.2) is 17.0 Å². The van der Waals surface area contributed by atoms with Gasteiger partial charge in [-0.1, -0.05) is 0 Å². The van der Waals surface area contributed by atoms with Crippen molar-refractivity contribution in [2.45, 2.75) is 6.10 Å². The normalized spacial score (nSPS) is 26.1. The second-order valence-corrected chi connectivity index (χ2v) is 1.85. The van der Waals surface area contributed by atoms with Gasteiger partial charge in [0.15, 0.2) is 5.78 Å². The van der Waals surface area contributed by atoms with Crippen molar-refractivity contribution in [1.29, 1.82) is 0 Å². The summed E-state index contributed by atoms with van der Waals surface area (Å²) in [6, 6.07) is 0. The van der Waals surface area contributed by atoms with Crippen molar-refractivity contribution in [1.82, 2.24) is 0 Å². The fraction of sp³-hybridized carbons (Fsp3) is 0.167. The molecule has 0 fully saturated rings. The molecule has 0 amide bonds. The Kier molecular flexibility index (Phi) is 1.36. The Morgan fingerprint density at radius 2 is 2.22 bits per heavy atom. The molecule has 0 heterocycles. The van der Waals surface area contributed by atoms with Crippen LogP contribution in [-0.2, 0) is 4.79 Å². The first-order valence-electron chi connectivity index (χ1n) is 2.57. The third kappa shape index (κ3) is 1.17. The van der Waals surface area contributed by atoms with Crippen LogP contribution in [0, 0.1) is 0 Å². The molecule has 1 atom stereocenters. The van der Waals surface area contributed by atoms with Gasteiger partial charge in [0.25, 0.3) is 0 Å². The lowest BCUT2D eigenvalue weighted by molar-refractivity contribution is -0.120. The summed E-state index contributed by atoms with van der Waals surface area (Å²) in [7, 11) is 0. The van der Waals surface area contributed by atoms with Crippen molar-refractivity contribution in [2.24, 2.45) is 5.73 Å². The van der Waals surface area contributed by atoms with Crippen molar-refractivity contribution in [3.05, 3.63) is 23.9 Å². The summed E-state index contributed by atoms with van der Waals surface area (Å²) >= 11 is 0. The summed E-state index contributed by atoms with van der Waals surface area (Å²) in [4.78, 5) is 10.5. The summed E-state index contributed by atoms with van der Waals surface area (Å²) in [5.41, 5.74) is 5.68. The van der Waals surface area contributed by atoms with Gasteiger partial charge in [0.2, 0.25) is 0 Å². The third-order valence-corrected chi connectivity index (χ3v) is 1.08. The number of ketones is 1. The van der Waals surface area contributed by atoms with Gasteiger partial charge in [0.1, 0.15) is 6.10 Å². The van der Waals surface area contributed by atoms with E-state index in [2.05, 4.69) is 0 Å². The SMILES string of the molecule is NC1=CC(O)C(=O)C=C1. The molecule has 3 nitrogen and oxygen atoms in total. The van der Waals surface area contributed by atoms with Crippen LogP contribution in [0.3, 0.4) is 0 Å². The molecule has 0 bridgehead atoms. The molecule has 0 aromatic heterocycles. The molecule has 1 unspecified atom stereocenters. The van der Waals surface area contributed by atoms with Crippen molar-refractivity contribution >= 4 is 5.78 Å². The van der Waals surface area contributed by atoms with Crippen LogP contribution < -0.4 is 5.73 Å². The quantitative estimate of drug-likeness (QED) is 0.451. The smallest absolute Gasteiger partial charge is 0.188 e. The lowest BCUT2D eigenvalue weighted by Crippen LogP contribution is -2.20. The zero-order chi connectivity index (χ0) is 6.85. The van der Waals surface area contributed by atoms with Crippen molar-refractivity contribution < 1.29 is 9.90 Å². The van der Waals surface area contributed by atoms with E-state index in [1.165, 1.54) is 18.2 Å². The molecule has 3 N–H and O–H groups in total. The number of carbonyl (C=O) groups is 1. The van der Waals surface area contributed by atoms with Crippen LogP contribution in [0.5, 0.6) is 0 Å². The van der Waals surface area contributed by atoms with E-state index < -0.39 is 6.10 Å². The maximum atomic E-state index is 10.5. The minimum atomic E-state index is -1.03. The van der Waals surface area contributed by atoms with E-state index in [0.717, 1.165) is 0 Å². The average Bonchev–Trinajstić information content (AvgIpc) is 1.80. The second kappa shape index (κ2) is 2.03. The van der Waals surface area contributed by atoms with E-state index in [4.69, 9.17) is 10.8 Å². The molecule has 0 saturated heterocycles. The molecule has 0 aromatic rings. The van der Waals surface area contributed by atoms with Crippen LogP contribution in [0.2, 0.25) is 0 Å². The van der Waals surface area contributed by atoms with Gasteiger partial charge in [-0.25, -0.2) is 0 Å². The zero-order valence-electron chi connectivity index (χ0n) is 4.74. The molecule has 0 saturated carbocycles. The summed E-state index contributed by atoms with van der Waals surface area (Å²) in [6.07, 6.45) is 3.01. The van der Waals surface area contributed by atoms with Gasteiger partial charge in [-0.2, -0.15) is 0 Å². The Bertz CT molecular complexity index is 193. The predicted molar refractivity (Wildman–Crippen MR) is 32.4 cm³/mol. The summed E-state index contributed by atoms with van der Waals surface area (Å²) in [5.74, 6) is -0.316. The number of allylic oxidation sites excluding steroid dienone is 1. The highest BCUT2D eigenvalue weighted by Crippen LogP contribution is 2.01. The second-order valence-electron chi connectivity index (χ2n) is 1.85. The fourth-order valence-electron chi connectivity index (χ4n) is 0.597. The summed E-state index contributed by atoms with van der Waals surface area (Å²) in [5, 5.41) is 8.79. The highest BCUT2D eigenvalue weighted by atomic mass is 16.3. The molecule has 3 heteroatoms. The molecular weight excluding hydrogens is 118 g/mol. The average molecular weight is 125 g/mol. The molecule has 9 heavy (non-hydrogen) atoms. The minimum absolute atomic E-state index is 0.316. The molecule has 0 radical (unpaired) electrons. The predicted octanol–water partition coefficient (Wildman–Crippen LogP) is -0.671. The summed E-state index contributed by atoms with van der Waals surface area (Å²) < 4.78 is 0. The van der Waals surface area contributed by atoms with Crippen LogP contribution in [0.15, 0.2) is 23.9 Å². The lowest BCUT2D eigenvalue weighted by Gasteiger charge is -2.05. The van der Waals surface area contributed by atoms with E-state index in [9.17, 15) is 4.79 Å². The van der Waals surface area contributed by atoms with Gasteiger partial charge in [0.05, 0.1) is 0 Å². The largest absolute Gasteiger partial charge is 0.399 e. The maximum Gasteiger partial charge on any atom is 0.188 e. The molecule has 1 aliphatic carbocycles. The van der Waals surface area contributed by atoms with Gasteiger partial charge >= 0.3 is 0 Å². The first-order chi connectivity index (χ1) is 4.20. The zero-order valence-corrected chi connectivity index (χ0v) is 4.74. The van der Waals surface area contributed by atoms with Gasteiger partial charge in [0, 0.05) is 5.70 Å². The fourth-order valence-corrected chi connectivity index (χ4v) is 0.597. The van der Waals surface area contributed by atoms with Gasteiger partial charge in [-0.05, 0) is 18.2 Å². The number of aliphatic hydroxyl groups excluding tert-OH is 1. The minimum Gasteiger partial charge on any atom is -0.399 e. The highest BCUT2D eigenvalue weighted by molar-refractivity contribution is 5.96. The first kappa shape index (κ1) is 6.04. The van der Waals surface area contributed by atoms with Crippen LogP contribution >= 0.6 is 0 Å². The highest BCUT2D eigenvalue weighted by Gasteiger charge is 2.11. The van der Waals surface area contributed by atoms with Crippen molar-refractivity contribution in [3.63, 3.8) is 0 Å². The van der Waals surface area contributed by atoms with Crippen LogP contribution in [0.1, 0.15) is 0 Å². The number of hydrogen-bond acceptors (Lipinski definition) is 3. The van der Waals surface area contributed by atoms with Crippen LogP contribution in [0.25, 0.3) is 0 Å². The Balaban J connectivity index is 2.82. The van der Waals surface area contributed by atoms with Crippen molar-refractivity contribution in [2.75, 3.05) is 0 Å². The molecule has 48 valence electrons. The van der Waals surface area contributed by atoms with E-state index >= 15 is 0 Å². The van der Waals surface area contributed by atoms with E-state index in [1.54, 1.807) is 0 Å². The molecule has 0 aliphatic heterocycles. The molecule has 1 rings (SSSR count). The number of rotatable bonds is 0. The number of aliphatic hydroxyl groups is 1. The number of nitrogens with two attached hydrogens (primary N) is 1. The number of hydrogen-bond donors (Lipinski definition) is 2. The number of carbonyl (C=O) groups excluding carboxylic acids is 1. The van der Waals surface area contributed by atoms with E-state index in [0.29, 0.717) is 5.70 Å². The summed E-state index contributed by atoms with van der Waals surface area (Å²) in [6.45, 7) is 0. The molecular formula is C6H7NO2. The lowest BCUT2D eigenvalue weighted by atomic mass is 10.1. The van der Waals surface area contributed by atoms with Gasteiger partial charge in [-0.3, -0.25) is 4.79 Å². The molecule has 1 aliphatic rings. The maximum absolute atomic E-state index is 10.5. The topological polar surface area (TPSA) is 63.3 Å². The Morgan fingerprint density at radius 3 is 2.67 bits per heavy atom. The standard InChI is InChI=1S/C6H7NO2/c7-4-1-2-5(8)6(9)3-4/h1-3,6,9H,7H2.